The van der Waals surface area contributed by atoms with Gasteiger partial charge in [0.05, 0.1) is 5.56 Å². The number of carbonyl (C=O) groups excluding carboxylic acids is 1. The van der Waals surface area contributed by atoms with E-state index in [1.807, 2.05) is 6.92 Å². The van der Waals surface area contributed by atoms with Gasteiger partial charge in [-0.1, -0.05) is 42.4 Å². The molecular formula is C31H31F3N4O4. The average molecular weight is 581 g/mol. The van der Waals surface area contributed by atoms with Crippen LogP contribution in [0.5, 0.6) is 11.5 Å². The van der Waals surface area contributed by atoms with Crippen molar-refractivity contribution >= 4 is 28.8 Å². The van der Waals surface area contributed by atoms with E-state index in [-0.39, 0.29) is 23.7 Å². The second-order valence-corrected chi connectivity index (χ2v) is 8.62. The second-order valence-electron chi connectivity index (χ2n) is 8.62. The summed E-state index contributed by atoms with van der Waals surface area (Å²) < 4.78 is 45.0. The van der Waals surface area contributed by atoms with Crippen LogP contribution < -0.4 is 16.0 Å². The predicted molar refractivity (Wildman–Crippen MR) is 156 cm³/mol. The molecule has 8 nitrogen and oxygen atoms in total. The lowest BCUT2D eigenvalue weighted by atomic mass is 9.92. The summed E-state index contributed by atoms with van der Waals surface area (Å²) in [7, 11) is 3.01. The number of carbonyl (C=O) groups is 1. The van der Waals surface area contributed by atoms with Crippen LogP contribution in [0.15, 0.2) is 88.5 Å². The molecule has 0 spiro atoms. The number of alkyl halides is 3. The first kappa shape index (κ1) is 31.7. The molecule has 3 aromatic rings. The number of hydrogen-bond donors (Lipinski definition) is 2. The number of nitrogens with zero attached hydrogens (tertiary/aromatic N) is 2. The van der Waals surface area contributed by atoms with Crippen LogP contribution in [0, 0.1) is 0 Å². The van der Waals surface area contributed by atoms with Gasteiger partial charge in [0.2, 0.25) is 0 Å². The number of nitrogens with two attached hydrogens (primary N) is 1. The molecule has 3 N–H and O–H groups in total. The highest BCUT2D eigenvalue weighted by Gasteiger charge is 2.30. The SMILES string of the molecule is CCON=C(C(CC)=C(ON)c1ccccc1C(=C=NC)C(=O)NC)c1ccc(Oc2cccc(C(F)(F)F)c2)cc1. The summed E-state index contributed by atoms with van der Waals surface area (Å²) in [5, 5.41) is 6.92. The Morgan fingerprint density at radius 2 is 1.67 bits per heavy atom. The first-order valence-electron chi connectivity index (χ1n) is 13.0. The Morgan fingerprint density at radius 3 is 2.24 bits per heavy atom. The van der Waals surface area contributed by atoms with Gasteiger partial charge in [0.15, 0.2) is 5.76 Å². The smallest absolute Gasteiger partial charge is 0.416 e. The molecule has 0 bridgehead atoms. The molecule has 42 heavy (non-hydrogen) atoms. The number of likely N-dealkylation sites (N-methyl/N-ethyl adjacent to an activating group) is 1. The maximum absolute atomic E-state index is 13.1. The molecule has 1 amide bonds. The Balaban J connectivity index is 2.10. The van der Waals surface area contributed by atoms with Gasteiger partial charge in [-0.05, 0) is 61.7 Å². The molecule has 0 aliphatic carbocycles. The van der Waals surface area contributed by atoms with E-state index in [0.717, 1.165) is 12.1 Å². The number of halogens is 3. The van der Waals surface area contributed by atoms with Gasteiger partial charge in [-0.3, -0.25) is 4.79 Å². The van der Waals surface area contributed by atoms with Crippen molar-refractivity contribution in [1.82, 2.24) is 5.32 Å². The van der Waals surface area contributed by atoms with Gasteiger partial charge < -0.3 is 19.7 Å². The Kier molecular flexibility index (Phi) is 11.1. The summed E-state index contributed by atoms with van der Waals surface area (Å²) in [6, 6.07) is 18.2. The molecule has 0 saturated carbocycles. The highest BCUT2D eigenvalue weighted by molar-refractivity contribution is 6.29. The first-order valence-corrected chi connectivity index (χ1v) is 13.0. The van der Waals surface area contributed by atoms with Crippen molar-refractivity contribution in [1.29, 1.82) is 0 Å². The number of oxime groups is 1. The number of rotatable bonds is 11. The molecule has 0 radical (unpaired) electrons. The van der Waals surface area contributed by atoms with Crippen molar-refractivity contribution in [2.75, 3.05) is 20.7 Å². The maximum atomic E-state index is 13.1. The van der Waals surface area contributed by atoms with E-state index in [2.05, 4.69) is 21.3 Å². The summed E-state index contributed by atoms with van der Waals surface area (Å²) in [6.07, 6.45) is -4.09. The average Bonchev–Trinajstić information content (AvgIpc) is 2.99. The molecule has 0 heterocycles. The van der Waals surface area contributed by atoms with Crippen LogP contribution in [-0.4, -0.2) is 38.2 Å². The summed E-state index contributed by atoms with van der Waals surface area (Å²) in [6.45, 7) is 3.94. The maximum Gasteiger partial charge on any atom is 0.416 e. The summed E-state index contributed by atoms with van der Waals surface area (Å²) in [5.74, 6) is 8.76. The van der Waals surface area contributed by atoms with Crippen LogP contribution in [0.3, 0.4) is 0 Å². The monoisotopic (exact) mass is 580 g/mol. The molecule has 3 rings (SSSR count). The van der Waals surface area contributed by atoms with E-state index in [4.69, 9.17) is 20.3 Å². The van der Waals surface area contributed by atoms with E-state index >= 15 is 0 Å². The molecule has 220 valence electrons. The minimum Gasteiger partial charge on any atom is -0.457 e. The fourth-order valence-electron chi connectivity index (χ4n) is 4.07. The van der Waals surface area contributed by atoms with Crippen molar-refractivity contribution in [2.24, 2.45) is 16.0 Å². The van der Waals surface area contributed by atoms with E-state index in [1.54, 1.807) is 55.5 Å². The molecule has 0 aliphatic heterocycles. The molecule has 11 heteroatoms. The largest absolute Gasteiger partial charge is 0.457 e. The number of amides is 1. The predicted octanol–water partition coefficient (Wildman–Crippen LogP) is 6.38. The van der Waals surface area contributed by atoms with Crippen LogP contribution in [0.4, 0.5) is 13.2 Å². The lowest BCUT2D eigenvalue weighted by molar-refractivity contribution is -0.137. The van der Waals surface area contributed by atoms with Crippen molar-refractivity contribution in [2.45, 2.75) is 26.4 Å². The number of hydrogen-bond acceptors (Lipinski definition) is 7. The third-order valence-electron chi connectivity index (χ3n) is 5.96. The Labute approximate surface area is 241 Å². The Hall–Kier alpha value is -4.86. The van der Waals surface area contributed by atoms with E-state index in [1.165, 1.54) is 26.2 Å². The van der Waals surface area contributed by atoms with Crippen LogP contribution in [0.25, 0.3) is 11.3 Å². The summed E-state index contributed by atoms with van der Waals surface area (Å²) in [4.78, 5) is 27.4. The van der Waals surface area contributed by atoms with Crippen molar-refractivity contribution < 1.29 is 32.4 Å². The standard InChI is InChI=1S/C31H31F3N4O4/c1-5-24(29(42-35)26-13-8-7-12-25(26)27(19-36-3)30(39)37-4)28(38-40-6-2)20-14-16-22(17-15-20)41-23-11-9-10-21(18-23)31(32,33)34/h7-18H,5-6,35H2,1-4H3,(H,37,39). The van der Waals surface area contributed by atoms with Crippen LogP contribution in [0.1, 0.15) is 42.5 Å². The van der Waals surface area contributed by atoms with Gasteiger partial charge in [0.1, 0.15) is 29.4 Å². The zero-order chi connectivity index (χ0) is 30.7. The normalized spacial score (nSPS) is 12.0. The fourth-order valence-corrected chi connectivity index (χ4v) is 4.07. The van der Waals surface area contributed by atoms with Crippen LogP contribution in [-0.2, 0) is 20.6 Å². The van der Waals surface area contributed by atoms with Gasteiger partial charge in [0, 0.05) is 36.4 Å². The van der Waals surface area contributed by atoms with E-state index in [0.29, 0.717) is 40.1 Å². The minimum atomic E-state index is -4.49. The fraction of sp³-hybridized carbons (Fsp3) is 0.226. The van der Waals surface area contributed by atoms with Crippen molar-refractivity contribution in [3.8, 4) is 11.5 Å². The van der Waals surface area contributed by atoms with Crippen molar-refractivity contribution in [3.05, 3.63) is 101 Å². The van der Waals surface area contributed by atoms with Gasteiger partial charge in [-0.15, -0.1) is 0 Å². The van der Waals surface area contributed by atoms with Gasteiger partial charge >= 0.3 is 6.18 Å². The van der Waals surface area contributed by atoms with Crippen LogP contribution in [0.2, 0.25) is 0 Å². The highest BCUT2D eigenvalue weighted by Crippen LogP contribution is 2.34. The number of allylic oxidation sites excluding steroid dienone is 1. The quantitative estimate of drug-likeness (QED) is 0.118. The molecule has 0 aromatic heterocycles. The molecule has 0 unspecified atom stereocenters. The number of benzene rings is 3. The molecule has 0 atom stereocenters. The first-order chi connectivity index (χ1) is 20.2. The lowest BCUT2D eigenvalue weighted by Crippen LogP contribution is -2.21. The lowest BCUT2D eigenvalue weighted by Gasteiger charge is -2.18. The van der Waals surface area contributed by atoms with Crippen molar-refractivity contribution in [3.63, 3.8) is 0 Å². The Bertz CT molecular complexity index is 1520. The summed E-state index contributed by atoms with van der Waals surface area (Å²) >= 11 is 0. The number of ether oxygens (including phenoxy) is 1. The molecular weight excluding hydrogens is 549 g/mol. The molecule has 3 aromatic carbocycles. The second kappa shape index (κ2) is 14.7. The van der Waals surface area contributed by atoms with Gasteiger partial charge in [-0.2, -0.15) is 19.1 Å². The zero-order valence-electron chi connectivity index (χ0n) is 23.6. The topological polar surface area (TPSA) is 108 Å². The minimum absolute atomic E-state index is 0.0425. The van der Waals surface area contributed by atoms with Crippen LogP contribution >= 0.6 is 0 Å². The third kappa shape index (κ3) is 7.66. The molecule has 0 fully saturated rings. The van der Waals surface area contributed by atoms with Gasteiger partial charge in [-0.25, -0.2) is 4.99 Å². The third-order valence-corrected chi connectivity index (χ3v) is 5.96. The molecule has 0 saturated heterocycles. The van der Waals surface area contributed by atoms with E-state index < -0.39 is 17.6 Å². The van der Waals surface area contributed by atoms with E-state index in [9.17, 15) is 18.0 Å². The summed E-state index contributed by atoms with van der Waals surface area (Å²) in [5.41, 5.74) is 1.91. The van der Waals surface area contributed by atoms with Gasteiger partial charge in [0.25, 0.3) is 5.91 Å². The zero-order valence-corrected chi connectivity index (χ0v) is 23.6. The number of aliphatic imine (C=N–C) groups is 1. The Morgan fingerprint density at radius 1 is 0.976 bits per heavy atom. The molecule has 0 aliphatic rings. The highest BCUT2D eigenvalue weighted by atomic mass is 19.4. The number of nitrogens with one attached hydrogen (secondary N) is 1.